The van der Waals surface area contributed by atoms with Gasteiger partial charge in [-0.05, 0) is 6.42 Å². The molecule has 0 aromatic heterocycles. The van der Waals surface area contributed by atoms with Crippen LogP contribution in [0.2, 0.25) is 0 Å². The summed E-state index contributed by atoms with van der Waals surface area (Å²) >= 11 is 0. The van der Waals surface area contributed by atoms with E-state index in [1.54, 1.807) is 0 Å². The Balaban J connectivity index is -0.000000333. The van der Waals surface area contributed by atoms with Gasteiger partial charge < -0.3 is 9.80 Å². The molecule has 2 nitrogen and oxygen atoms in total. The van der Waals surface area contributed by atoms with E-state index in [-0.39, 0.29) is 49.5 Å². The topological polar surface area (TPSA) is 6.48 Å². The molecule has 0 amide bonds. The second kappa shape index (κ2) is 11.1. The van der Waals surface area contributed by atoms with Crippen LogP contribution in [0.25, 0.3) is 0 Å². The Morgan fingerprint density at radius 1 is 1.31 bits per heavy atom. The second-order valence-corrected chi connectivity index (χ2v) is 2.86. The molecule has 0 fully saturated rings. The van der Waals surface area contributed by atoms with Gasteiger partial charge in [0.15, 0.2) is 0 Å². The molecule has 5 heteroatoms. The third kappa shape index (κ3) is 8.07. The summed E-state index contributed by atoms with van der Waals surface area (Å²) in [5, 5.41) is 0. The number of unbranched alkanes of at least 4 members (excludes halogenated alkanes) is 1. The molecule has 1 aliphatic heterocycles. The van der Waals surface area contributed by atoms with Crippen molar-refractivity contribution < 1.29 is 39.6 Å². The maximum Gasteiger partial charge on any atom is 0.0890 e. The Kier molecular flexibility index (Phi) is 16.8. The zero-order chi connectivity index (χ0) is 7.40. The molecule has 1 rings (SSSR count). The molecule has 77 valence electrons. The van der Waals surface area contributed by atoms with Crippen LogP contribution >= 0.6 is 9.90 Å². The van der Waals surface area contributed by atoms with Crippen LogP contribution in [0.1, 0.15) is 19.8 Å². The first-order chi connectivity index (χ1) is 4.83. The smallest absolute Gasteiger partial charge is 0.0890 e. The van der Waals surface area contributed by atoms with Gasteiger partial charge in [-0.1, -0.05) is 13.3 Å². The van der Waals surface area contributed by atoms with Gasteiger partial charge in [0.25, 0.3) is 0 Å². The van der Waals surface area contributed by atoms with Gasteiger partial charge >= 0.3 is 0 Å². The fourth-order valence-corrected chi connectivity index (χ4v) is 1.10. The van der Waals surface area contributed by atoms with Crippen molar-refractivity contribution in [1.82, 2.24) is 9.80 Å². The first-order valence-electron chi connectivity index (χ1n) is 3.95. The third-order valence-electron chi connectivity index (χ3n) is 1.74. The van der Waals surface area contributed by atoms with E-state index in [1.165, 1.54) is 19.4 Å². The van der Waals surface area contributed by atoms with E-state index in [9.17, 15) is 0 Å². The van der Waals surface area contributed by atoms with Crippen LogP contribution in [-0.4, -0.2) is 30.1 Å². The van der Waals surface area contributed by atoms with Gasteiger partial charge in [-0.25, -0.2) is 0 Å². The molecule has 0 saturated carbocycles. The average molecular weight is 321 g/mol. The number of rotatable bonds is 3. The standard InChI is InChI=1S/C8H16N2.Mo.H3P.V/c1-3-4-5-10-7-6-9(2)8-10;;;/h6-7H,3-5,8H2,1-2H3;;1H3;. The quantitative estimate of drug-likeness (QED) is 0.574. The van der Waals surface area contributed by atoms with Crippen molar-refractivity contribution in [2.24, 2.45) is 0 Å². The fraction of sp³-hybridized carbons (Fsp3) is 0.750. The van der Waals surface area contributed by atoms with Crippen LogP contribution in [0, 0.1) is 0 Å². The molecular formula is C8H19MoN2PV. The Morgan fingerprint density at radius 2 is 1.92 bits per heavy atom. The minimum atomic E-state index is 0. The molecule has 0 aromatic rings. The molecule has 0 saturated heterocycles. The molecule has 0 bridgehead atoms. The van der Waals surface area contributed by atoms with Crippen molar-refractivity contribution in [3.63, 3.8) is 0 Å². The van der Waals surface area contributed by atoms with Crippen LogP contribution in [0.15, 0.2) is 12.4 Å². The molecule has 0 spiro atoms. The first-order valence-corrected chi connectivity index (χ1v) is 3.95. The van der Waals surface area contributed by atoms with E-state index < -0.39 is 0 Å². The van der Waals surface area contributed by atoms with Gasteiger partial charge in [0.2, 0.25) is 0 Å². The molecule has 0 N–H and O–H groups in total. The van der Waals surface area contributed by atoms with Gasteiger partial charge in [-0.2, -0.15) is 9.90 Å². The van der Waals surface area contributed by atoms with Gasteiger partial charge in [-0.15, -0.1) is 0 Å². The average Bonchev–Trinajstić information content (AvgIpc) is 2.31. The molecule has 1 unspecified atom stereocenters. The maximum atomic E-state index is 2.34. The van der Waals surface area contributed by atoms with Gasteiger partial charge in [0, 0.05) is 65.6 Å². The number of hydrogen-bond acceptors (Lipinski definition) is 2. The molecule has 13 heavy (non-hydrogen) atoms. The van der Waals surface area contributed by atoms with Gasteiger partial charge in [0.1, 0.15) is 0 Å². The predicted octanol–water partition coefficient (Wildman–Crippen LogP) is 1.52. The fourth-order valence-electron chi connectivity index (χ4n) is 1.10. The summed E-state index contributed by atoms with van der Waals surface area (Å²) < 4.78 is 0. The Hall–Kier alpha value is 1.04. The summed E-state index contributed by atoms with van der Waals surface area (Å²) in [6, 6.07) is 0. The van der Waals surface area contributed by atoms with Crippen molar-refractivity contribution in [3.8, 4) is 0 Å². The van der Waals surface area contributed by atoms with Gasteiger partial charge in [-0.3, -0.25) is 0 Å². The minimum absolute atomic E-state index is 0. The van der Waals surface area contributed by atoms with E-state index >= 15 is 0 Å². The number of nitrogens with zero attached hydrogens (tertiary/aromatic N) is 2. The molecule has 1 aliphatic rings. The van der Waals surface area contributed by atoms with E-state index in [0.29, 0.717) is 0 Å². The summed E-state index contributed by atoms with van der Waals surface area (Å²) in [7, 11) is 2.10. The summed E-state index contributed by atoms with van der Waals surface area (Å²) in [6.45, 7) is 4.50. The Bertz CT molecular complexity index is 135. The van der Waals surface area contributed by atoms with E-state index in [2.05, 4.69) is 36.2 Å². The molecule has 0 aromatic carbocycles. The van der Waals surface area contributed by atoms with E-state index in [1.807, 2.05) is 0 Å². The predicted molar refractivity (Wildman–Crippen MR) is 54.5 cm³/mol. The third-order valence-corrected chi connectivity index (χ3v) is 1.74. The summed E-state index contributed by atoms with van der Waals surface area (Å²) in [5.41, 5.74) is 0. The largest absolute Gasteiger partial charge is 0.362 e. The Morgan fingerprint density at radius 3 is 2.31 bits per heavy atom. The Labute approximate surface area is 111 Å². The van der Waals surface area contributed by atoms with Crippen LogP contribution in [0.3, 0.4) is 0 Å². The molecule has 1 radical (unpaired) electrons. The number of hydrogen-bond donors (Lipinski definition) is 0. The second-order valence-electron chi connectivity index (χ2n) is 2.86. The van der Waals surface area contributed by atoms with Crippen LogP contribution in [-0.2, 0) is 39.6 Å². The summed E-state index contributed by atoms with van der Waals surface area (Å²) in [5.74, 6) is 0. The van der Waals surface area contributed by atoms with E-state index in [0.717, 1.165) is 6.67 Å². The molecule has 1 heterocycles. The van der Waals surface area contributed by atoms with Crippen LogP contribution in [0.4, 0.5) is 0 Å². The monoisotopic (exact) mass is 323 g/mol. The van der Waals surface area contributed by atoms with E-state index in [4.69, 9.17) is 0 Å². The minimum Gasteiger partial charge on any atom is -0.362 e. The molecule has 0 aliphatic carbocycles. The van der Waals surface area contributed by atoms with Crippen molar-refractivity contribution in [2.75, 3.05) is 20.3 Å². The van der Waals surface area contributed by atoms with Crippen LogP contribution in [0.5, 0.6) is 0 Å². The van der Waals surface area contributed by atoms with Crippen LogP contribution < -0.4 is 0 Å². The van der Waals surface area contributed by atoms with Crippen molar-refractivity contribution >= 4 is 9.90 Å². The molecular weight excluding hydrogens is 302 g/mol. The molecule has 1 atom stereocenters. The first kappa shape index (κ1) is 19.6. The van der Waals surface area contributed by atoms with Crippen molar-refractivity contribution in [3.05, 3.63) is 12.4 Å². The zero-order valence-corrected chi connectivity index (χ0v) is 13.3. The van der Waals surface area contributed by atoms with Crippen molar-refractivity contribution in [2.45, 2.75) is 19.8 Å². The zero-order valence-electron chi connectivity index (χ0n) is 8.44. The van der Waals surface area contributed by atoms with Crippen molar-refractivity contribution in [1.29, 1.82) is 0 Å². The SMILES string of the molecule is CCCCN1C=CN(C)C1.P.[Mo].[V]. The normalized spacial score (nSPS) is 13.1. The maximum absolute atomic E-state index is 2.34. The summed E-state index contributed by atoms with van der Waals surface area (Å²) in [6.07, 6.45) is 6.87. The summed E-state index contributed by atoms with van der Waals surface area (Å²) in [4.78, 5) is 4.53. The van der Waals surface area contributed by atoms with Gasteiger partial charge in [0.05, 0.1) is 6.67 Å².